The van der Waals surface area contributed by atoms with Crippen LogP contribution in [0.15, 0.2) is 46.9 Å². The Bertz CT molecular complexity index is 852. The summed E-state index contributed by atoms with van der Waals surface area (Å²) in [5.41, 5.74) is 0.377. The standard InChI is InChI=1S/C21H26F2N2O5/c1-4-5-6-9-12-29-20(26)17-13(2)24-14(3)19(25(27)28)18(17)15-10-7-8-11-16(15)30-21(22)23/h7-8,10-11,18,21,24H,4-6,9,12H2,1-3H3. The van der Waals surface area contributed by atoms with Gasteiger partial charge in [-0.25, -0.2) is 4.79 Å². The van der Waals surface area contributed by atoms with Crippen LogP contribution in [0.3, 0.4) is 0 Å². The van der Waals surface area contributed by atoms with E-state index in [0.717, 1.165) is 19.3 Å². The summed E-state index contributed by atoms with van der Waals surface area (Å²) < 4.78 is 35.8. The number of unbranched alkanes of at least 4 members (excludes halogenated alkanes) is 3. The number of benzene rings is 1. The summed E-state index contributed by atoms with van der Waals surface area (Å²) in [6, 6.07) is 5.75. The minimum Gasteiger partial charge on any atom is -0.462 e. The molecule has 9 heteroatoms. The molecule has 0 aromatic heterocycles. The van der Waals surface area contributed by atoms with Gasteiger partial charge in [0.2, 0.25) is 0 Å². The summed E-state index contributed by atoms with van der Waals surface area (Å²) in [6.07, 6.45) is 3.61. The molecular weight excluding hydrogens is 398 g/mol. The number of nitro groups is 1. The number of carbonyl (C=O) groups is 1. The number of ether oxygens (including phenoxy) is 2. The zero-order chi connectivity index (χ0) is 22.3. The third kappa shape index (κ3) is 5.55. The average Bonchev–Trinajstić information content (AvgIpc) is 2.66. The maximum absolute atomic E-state index is 12.9. The zero-order valence-electron chi connectivity index (χ0n) is 17.2. The monoisotopic (exact) mass is 424 g/mol. The van der Waals surface area contributed by atoms with E-state index in [9.17, 15) is 23.7 Å². The number of allylic oxidation sites excluding steroid dienone is 3. The smallest absolute Gasteiger partial charge is 0.387 e. The van der Waals surface area contributed by atoms with Crippen molar-refractivity contribution in [1.29, 1.82) is 0 Å². The number of carbonyl (C=O) groups excluding carboxylic acids is 1. The van der Waals surface area contributed by atoms with Crippen molar-refractivity contribution in [2.75, 3.05) is 6.61 Å². The third-order valence-corrected chi connectivity index (χ3v) is 4.82. The zero-order valence-corrected chi connectivity index (χ0v) is 17.2. The van der Waals surface area contributed by atoms with E-state index in [4.69, 9.17) is 4.74 Å². The lowest BCUT2D eigenvalue weighted by Crippen LogP contribution is -2.32. The molecular formula is C21H26F2N2O5. The average molecular weight is 424 g/mol. The van der Waals surface area contributed by atoms with Gasteiger partial charge < -0.3 is 14.8 Å². The molecule has 0 bridgehead atoms. The van der Waals surface area contributed by atoms with Gasteiger partial charge in [0.05, 0.1) is 22.8 Å². The maximum atomic E-state index is 12.9. The van der Waals surface area contributed by atoms with Crippen LogP contribution in [0.5, 0.6) is 5.75 Å². The topological polar surface area (TPSA) is 90.7 Å². The van der Waals surface area contributed by atoms with Crippen molar-refractivity contribution in [2.24, 2.45) is 0 Å². The second-order valence-electron chi connectivity index (χ2n) is 6.98. The van der Waals surface area contributed by atoms with E-state index in [2.05, 4.69) is 17.0 Å². The number of esters is 1. The summed E-state index contributed by atoms with van der Waals surface area (Å²) in [4.78, 5) is 24.1. The van der Waals surface area contributed by atoms with Crippen LogP contribution < -0.4 is 10.1 Å². The highest BCUT2D eigenvalue weighted by atomic mass is 19.3. The first kappa shape index (κ1) is 23.3. The van der Waals surface area contributed by atoms with Gasteiger partial charge in [0, 0.05) is 11.3 Å². The number of alkyl halides is 2. The van der Waals surface area contributed by atoms with Crippen molar-refractivity contribution in [3.8, 4) is 5.75 Å². The van der Waals surface area contributed by atoms with Crippen LogP contribution in [0.2, 0.25) is 0 Å². The van der Waals surface area contributed by atoms with Gasteiger partial charge in [-0.05, 0) is 26.3 Å². The van der Waals surface area contributed by atoms with Crippen molar-refractivity contribution >= 4 is 5.97 Å². The van der Waals surface area contributed by atoms with E-state index in [1.807, 2.05) is 0 Å². The molecule has 0 saturated heterocycles. The number of nitrogens with zero attached hydrogens (tertiary/aromatic N) is 1. The first-order valence-corrected chi connectivity index (χ1v) is 9.81. The van der Waals surface area contributed by atoms with Crippen molar-refractivity contribution < 1.29 is 28.0 Å². The first-order valence-electron chi connectivity index (χ1n) is 9.81. The summed E-state index contributed by atoms with van der Waals surface area (Å²) in [5, 5.41) is 14.7. The number of hydrogen-bond donors (Lipinski definition) is 1. The van der Waals surface area contributed by atoms with Crippen LogP contribution in [-0.2, 0) is 9.53 Å². The van der Waals surface area contributed by atoms with E-state index in [1.54, 1.807) is 13.0 Å². The highest BCUT2D eigenvalue weighted by Crippen LogP contribution is 2.42. The van der Waals surface area contributed by atoms with E-state index < -0.39 is 23.4 Å². The van der Waals surface area contributed by atoms with Gasteiger partial charge in [-0.3, -0.25) is 10.1 Å². The second kappa shape index (κ2) is 10.7. The molecule has 164 valence electrons. The Morgan fingerprint density at radius 3 is 2.53 bits per heavy atom. The SMILES string of the molecule is CCCCCCOC(=O)C1=C(C)NC(C)=C([N+](=O)[O-])C1c1ccccc1OC(F)F. The molecule has 0 radical (unpaired) electrons. The molecule has 1 aliphatic rings. The fourth-order valence-corrected chi connectivity index (χ4v) is 3.49. The molecule has 7 nitrogen and oxygen atoms in total. The van der Waals surface area contributed by atoms with E-state index in [-0.39, 0.29) is 34.9 Å². The van der Waals surface area contributed by atoms with Gasteiger partial charge in [0.25, 0.3) is 5.70 Å². The number of halogens is 2. The number of dihydropyridines is 1. The first-order chi connectivity index (χ1) is 14.3. The van der Waals surface area contributed by atoms with Crippen LogP contribution in [0.4, 0.5) is 8.78 Å². The van der Waals surface area contributed by atoms with Crippen LogP contribution >= 0.6 is 0 Å². The molecule has 0 fully saturated rings. The molecule has 1 aromatic carbocycles. The fraction of sp³-hybridized carbons (Fsp3) is 0.476. The predicted octanol–water partition coefficient (Wildman–Crippen LogP) is 4.88. The van der Waals surface area contributed by atoms with Gasteiger partial charge in [-0.15, -0.1) is 0 Å². The molecule has 2 rings (SSSR count). The molecule has 1 aliphatic heterocycles. The van der Waals surface area contributed by atoms with Crippen molar-refractivity contribution in [2.45, 2.75) is 59.0 Å². The highest BCUT2D eigenvalue weighted by Gasteiger charge is 2.42. The summed E-state index contributed by atoms with van der Waals surface area (Å²) in [7, 11) is 0. The minimum absolute atomic E-state index is 0.00751. The van der Waals surface area contributed by atoms with Gasteiger partial charge in [0.15, 0.2) is 0 Å². The number of hydrogen-bond acceptors (Lipinski definition) is 6. The molecule has 0 spiro atoms. The molecule has 1 aromatic rings. The molecule has 1 N–H and O–H groups in total. The van der Waals surface area contributed by atoms with Crippen LogP contribution in [0.25, 0.3) is 0 Å². The summed E-state index contributed by atoms with van der Waals surface area (Å²) in [6.45, 7) is 2.21. The van der Waals surface area contributed by atoms with E-state index in [0.29, 0.717) is 12.1 Å². The van der Waals surface area contributed by atoms with Crippen molar-refractivity contribution in [3.05, 3.63) is 62.6 Å². The van der Waals surface area contributed by atoms with Gasteiger partial charge in [-0.2, -0.15) is 8.78 Å². The molecule has 0 saturated carbocycles. The van der Waals surface area contributed by atoms with Gasteiger partial charge in [0.1, 0.15) is 11.7 Å². The highest BCUT2D eigenvalue weighted by molar-refractivity contribution is 5.92. The number of rotatable bonds is 10. The normalized spacial score (nSPS) is 16.5. The Labute approximate surface area is 173 Å². The molecule has 1 unspecified atom stereocenters. The second-order valence-corrected chi connectivity index (χ2v) is 6.98. The molecule has 0 amide bonds. The Hall–Kier alpha value is -2.97. The van der Waals surface area contributed by atoms with Gasteiger partial charge >= 0.3 is 12.6 Å². The molecule has 1 atom stereocenters. The van der Waals surface area contributed by atoms with E-state index >= 15 is 0 Å². The Morgan fingerprint density at radius 1 is 1.20 bits per heavy atom. The largest absolute Gasteiger partial charge is 0.462 e. The summed E-state index contributed by atoms with van der Waals surface area (Å²) >= 11 is 0. The molecule has 30 heavy (non-hydrogen) atoms. The Balaban J connectivity index is 2.46. The quantitative estimate of drug-likeness (QED) is 0.249. The number of nitrogens with one attached hydrogen (secondary N) is 1. The van der Waals surface area contributed by atoms with Gasteiger partial charge in [-0.1, -0.05) is 44.4 Å². The maximum Gasteiger partial charge on any atom is 0.387 e. The van der Waals surface area contributed by atoms with Crippen molar-refractivity contribution in [1.82, 2.24) is 5.32 Å². The Kier molecular flexibility index (Phi) is 8.32. The molecule has 1 heterocycles. The third-order valence-electron chi connectivity index (χ3n) is 4.82. The van der Waals surface area contributed by atoms with Crippen molar-refractivity contribution in [3.63, 3.8) is 0 Å². The Morgan fingerprint density at radius 2 is 1.90 bits per heavy atom. The predicted molar refractivity (Wildman–Crippen MR) is 106 cm³/mol. The van der Waals surface area contributed by atoms with Crippen LogP contribution in [-0.4, -0.2) is 24.1 Å². The molecule has 0 aliphatic carbocycles. The summed E-state index contributed by atoms with van der Waals surface area (Å²) in [5.74, 6) is -2.16. The fourth-order valence-electron chi connectivity index (χ4n) is 3.49. The lowest BCUT2D eigenvalue weighted by atomic mass is 9.83. The lowest BCUT2D eigenvalue weighted by molar-refractivity contribution is -0.431. The van der Waals surface area contributed by atoms with Crippen LogP contribution in [0.1, 0.15) is 57.9 Å². The lowest BCUT2D eigenvalue weighted by Gasteiger charge is -2.27. The van der Waals surface area contributed by atoms with E-state index in [1.165, 1.54) is 25.1 Å². The number of para-hydroxylation sites is 1. The minimum atomic E-state index is -3.11. The van der Waals surface area contributed by atoms with Crippen LogP contribution in [0, 0.1) is 10.1 Å².